The van der Waals surface area contributed by atoms with Crippen LogP contribution in [-0.4, -0.2) is 35.4 Å². The second kappa shape index (κ2) is 16.1. The van der Waals surface area contributed by atoms with Crippen LogP contribution in [0, 0.1) is 46.5 Å². The summed E-state index contributed by atoms with van der Waals surface area (Å²) in [6.07, 6.45) is 3.91. The summed E-state index contributed by atoms with van der Waals surface area (Å²) in [5.41, 5.74) is 5.61. The zero-order valence-electron chi connectivity index (χ0n) is 27.9. The lowest BCUT2D eigenvalue weighted by molar-refractivity contribution is -0.156. The molecule has 0 N–H and O–H groups in total. The predicted octanol–water partition coefficient (Wildman–Crippen LogP) is 7.55. The molecule has 1 fully saturated rings. The van der Waals surface area contributed by atoms with Gasteiger partial charge in [-0.15, -0.1) is 0 Å². The Balaban J connectivity index is 1.53. The molecule has 0 radical (unpaired) electrons. The second-order valence-corrected chi connectivity index (χ2v) is 14.4. The molecular formula is C39H43O7P. The number of carbonyl (C=O) groups excluding carboxylic acids is 5. The molecule has 0 saturated heterocycles. The van der Waals surface area contributed by atoms with Crippen molar-refractivity contribution in [2.24, 2.45) is 11.8 Å². The summed E-state index contributed by atoms with van der Waals surface area (Å²) in [6.45, 7) is 12.8. The SMILES string of the molecule is C=CC(=O)OCCC(=O)C1CCCCC1C(=O)OCc1cc(C)c(C(=O)P(C(=O)c2c(C)cc(C)cc2C)c2ccccc2)c(C)c1. The molecule has 1 saturated carbocycles. The van der Waals surface area contributed by atoms with Gasteiger partial charge in [0.05, 0.1) is 20.4 Å². The molecule has 7 nitrogen and oxygen atoms in total. The Kier molecular flexibility index (Phi) is 12.2. The highest BCUT2D eigenvalue weighted by molar-refractivity contribution is 7.96. The minimum Gasteiger partial charge on any atom is -0.462 e. The lowest BCUT2D eigenvalue weighted by Gasteiger charge is -2.29. The van der Waals surface area contributed by atoms with Crippen molar-refractivity contribution >= 4 is 42.0 Å². The van der Waals surface area contributed by atoms with Gasteiger partial charge in [0.2, 0.25) is 0 Å². The van der Waals surface area contributed by atoms with E-state index in [1.165, 1.54) is 0 Å². The van der Waals surface area contributed by atoms with E-state index in [-0.39, 0.29) is 36.5 Å². The topological polar surface area (TPSA) is 104 Å². The lowest BCUT2D eigenvalue weighted by Crippen LogP contribution is -2.34. The van der Waals surface area contributed by atoms with E-state index in [0.29, 0.717) is 40.4 Å². The molecular weight excluding hydrogens is 611 g/mol. The van der Waals surface area contributed by atoms with Gasteiger partial charge >= 0.3 is 11.9 Å². The van der Waals surface area contributed by atoms with E-state index < -0.39 is 31.7 Å². The van der Waals surface area contributed by atoms with Crippen molar-refractivity contribution in [3.05, 3.63) is 112 Å². The van der Waals surface area contributed by atoms with Crippen LogP contribution in [0.2, 0.25) is 0 Å². The Hall–Kier alpha value is -4.22. The highest BCUT2D eigenvalue weighted by atomic mass is 31.1. The minimum absolute atomic E-state index is 0.00250. The summed E-state index contributed by atoms with van der Waals surface area (Å²) < 4.78 is 10.7. The number of esters is 2. The zero-order chi connectivity index (χ0) is 34.2. The largest absolute Gasteiger partial charge is 0.462 e. The molecule has 0 heterocycles. The van der Waals surface area contributed by atoms with Crippen LogP contribution < -0.4 is 5.30 Å². The number of rotatable bonds is 13. The number of aryl methyl sites for hydroxylation is 5. The van der Waals surface area contributed by atoms with Crippen LogP contribution in [0.1, 0.15) is 86.2 Å². The van der Waals surface area contributed by atoms with Gasteiger partial charge in [0.1, 0.15) is 12.4 Å². The van der Waals surface area contributed by atoms with E-state index >= 15 is 0 Å². The van der Waals surface area contributed by atoms with Gasteiger partial charge in [-0.2, -0.15) is 0 Å². The third-order valence-electron chi connectivity index (χ3n) is 8.74. The number of hydrogen-bond donors (Lipinski definition) is 0. The van der Waals surface area contributed by atoms with Crippen molar-refractivity contribution < 1.29 is 33.4 Å². The van der Waals surface area contributed by atoms with Crippen LogP contribution in [0.25, 0.3) is 0 Å². The average Bonchev–Trinajstić information content (AvgIpc) is 3.03. The van der Waals surface area contributed by atoms with Crippen molar-refractivity contribution in [2.45, 2.75) is 73.3 Å². The summed E-state index contributed by atoms with van der Waals surface area (Å²) in [7, 11) is -1.89. The van der Waals surface area contributed by atoms with Crippen molar-refractivity contribution in [3.8, 4) is 0 Å². The Morgan fingerprint density at radius 3 is 1.85 bits per heavy atom. The maximum Gasteiger partial charge on any atom is 0.330 e. The molecule has 0 bridgehead atoms. The first-order valence-corrected chi connectivity index (χ1v) is 17.4. The minimum atomic E-state index is -1.89. The first-order valence-electron chi connectivity index (χ1n) is 16.0. The fourth-order valence-electron chi connectivity index (χ4n) is 6.68. The Bertz CT molecular complexity index is 1640. The lowest BCUT2D eigenvalue weighted by atomic mass is 9.76. The number of carbonyl (C=O) groups is 5. The monoisotopic (exact) mass is 654 g/mol. The summed E-state index contributed by atoms with van der Waals surface area (Å²) >= 11 is 0. The maximum atomic E-state index is 14.4. The summed E-state index contributed by atoms with van der Waals surface area (Å²) in [6, 6.07) is 16.9. The Labute approximate surface area is 278 Å². The van der Waals surface area contributed by atoms with Gasteiger partial charge in [-0.05, 0) is 80.6 Å². The van der Waals surface area contributed by atoms with Crippen molar-refractivity contribution in [2.75, 3.05) is 6.61 Å². The van der Waals surface area contributed by atoms with Crippen LogP contribution in [-0.2, 0) is 30.5 Å². The highest BCUT2D eigenvalue weighted by Crippen LogP contribution is 2.45. The van der Waals surface area contributed by atoms with Crippen molar-refractivity contribution in [3.63, 3.8) is 0 Å². The normalized spacial score (nSPS) is 16.5. The molecule has 3 unspecified atom stereocenters. The van der Waals surface area contributed by atoms with E-state index in [2.05, 4.69) is 6.58 Å². The van der Waals surface area contributed by atoms with E-state index in [1.807, 2.05) is 89.2 Å². The van der Waals surface area contributed by atoms with Crippen molar-refractivity contribution in [1.29, 1.82) is 0 Å². The van der Waals surface area contributed by atoms with Gasteiger partial charge < -0.3 is 9.47 Å². The number of hydrogen-bond acceptors (Lipinski definition) is 7. The molecule has 1 aliphatic rings. The highest BCUT2D eigenvalue weighted by Gasteiger charge is 2.37. The fourth-order valence-corrected chi connectivity index (χ4v) is 8.95. The maximum absolute atomic E-state index is 14.4. The summed E-state index contributed by atoms with van der Waals surface area (Å²) in [4.78, 5) is 66.0. The van der Waals surface area contributed by atoms with Gasteiger partial charge in [-0.25, -0.2) is 4.79 Å². The van der Waals surface area contributed by atoms with Crippen LogP contribution in [0.3, 0.4) is 0 Å². The molecule has 3 aromatic rings. The first-order chi connectivity index (χ1) is 22.4. The van der Waals surface area contributed by atoms with E-state index in [1.54, 1.807) is 0 Å². The quantitative estimate of drug-likeness (QED) is 0.106. The van der Waals surface area contributed by atoms with Crippen LogP contribution in [0.4, 0.5) is 0 Å². The molecule has 0 aromatic heterocycles. The summed E-state index contributed by atoms with van der Waals surface area (Å²) in [5, 5.41) is 0.698. The molecule has 4 rings (SSSR count). The standard InChI is InChI=1S/C39H43O7P/c1-7-34(41)45-18-17-33(40)31-15-11-12-16-32(31)37(42)46-23-29-21-27(5)36(28(6)22-29)39(44)47(30-13-9-8-10-14-30)38(43)35-25(3)19-24(2)20-26(35)4/h7-10,13-14,19-22,31-32H,1,11-12,15-18,23H2,2-6H3. The van der Waals surface area contributed by atoms with E-state index in [0.717, 1.165) is 41.2 Å². The molecule has 0 amide bonds. The third kappa shape index (κ3) is 8.58. The summed E-state index contributed by atoms with van der Waals surface area (Å²) in [5.74, 6) is -2.15. The Morgan fingerprint density at radius 2 is 1.30 bits per heavy atom. The van der Waals surface area contributed by atoms with E-state index in [4.69, 9.17) is 9.47 Å². The number of benzene rings is 3. The molecule has 3 atom stereocenters. The first kappa shape index (κ1) is 35.6. The van der Waals surface area contributed by atoms with Gasteiger partial charge in [-0.1, -0.05) is 79.6 Å². The molecule has 0 spiro atoms. The fraction of sp³-hybridized carbons (Fsp3) is 0.359. The average molecular weight is 655 g/mol. The molecule has 8 heteroatoms. The van der Waals surface area contributed by atoms with Gasteiger partial charge in [0, 0.05) is 29.5 Å². The van der Waals surface area contributed by atoms with Gasteiger partial charge in [-0.3, -0.25) is 19.2 Å². The molecule has 246 valence electrons. The van der Waals surface area contributed by atoms with Crippen LogP contribution in [0.5, 0.6) is 0 Å². The van der Waals surface area contributed by atoms with Crippen molar-refractivity contribution in [1.82, 2.24) is 0 Å². The van der Waals surface area contributed by atoms with Gasteiger partial charge in [0.25, 0.3) is 0 Å². The second-order valence-electron chi connectivity index (χ2n) is 12.4. The molecule has 47 heavy (non-hydrogen) atoms. The predicted molar refractivity (Wildman–Crippen MR) is 184 cm³/mol. The molecule has 0 aliphatic heterocycles. The Morgan fingerprint density at radius 1 is 0.766 bits per heavy atom. The number of ketones is 1. The third-order valence-corrected chi connectivity index (χ3v) is 10.8. The van der Waals surface area contributed by atoms with Crippen LogP contribution in [0.15, 0.2) is 67.3 Å². The smallest absolute Gasteiger partial charge is 0.330 e. The van der Waals surface area contributed by atoms with E-state index in [9.17, 15) is 24.0 Å². The zero-order valence-corrected chi connectivity index (χ0v) is 28.8. The van der Waals surface area contributed by atoms with Gasteiger partial charge in [0.15, 0.2) is 11.0 Å². The molecule has 1 aliphatic carbocycles. The van der Waals surface area contributed by atoms with Crippen LogP contribution >= 0.6 is 7.92 Å². The molecule has 3 aromatic carbocycles. The number of Topliss-reactive ketones (excluding diaryl/α,β-unsaturated/α-hetero) is 1. The number of ether oxygens (including phenoxy) is 2.